The lowest BCUT2D eigenvalue weighted by molar-refractivity contribution is 0.0306. The average molecular weight is 201 g/mol. The summed E-state index contributed by atoms with van der Waals surface area (Å²) in [4.78, 5) is 2.45. The lowest BCUT2D eigenvalue weighted by Crippen LogP contribution is -2.37. The fourth-order valence-corrected chi connectivity index (χ4v) is 1.53. The Balaban J connectivity index is 1.87. The van der Waals surface area contributed by atoms with Gasteiger partial charge in [-0.2, -0.15) is 0 Å². The molecule has 3 heteroatoms. The van der Waals surface area contributed by atoms with E-state index in [1.54, 1.807) is 0 Å². The molecule has 1 fully saturated rings. The normalized spacial score (nSPS) is 19.1. The quantitative estimate of drug-likeness (QED) is 0.606. The molecule has 0 bridgehead atoms. The van der Waals surface area contributed by atoms with Crippen molar-refractivity contribution < 1.29 is 9.47 Å². The lowest BCUT2D eigenvalue weighted by Gasteiger charge is -2.26. The van der Waals surface area contributed by atoms with Gasteiger partial charge in [0.2, 0.25) is 0 Å². The molecule has 0 spiro atoms. The van der Waals surface area contributed by atoms with Gasteiger partial charge in [0.1, 0.15) is 0 Å². The van der Waals surface area contributed by atoms with Crippen molar-refractivity contribution in [2.24, 2.45) is 5.92 Å². The highest BCUT2D eigenvalue weighted by Crippen LogP contribution is 1.99. The van der Waals surface area contributed by atoms with Crippen molar-refractivity contribution in [3.8, 4) is 0 Å². The molecule has 3 nitrogen and oxygen atoms in total. The van der Waals surface area contributed by atoms with Crippen molar-refractivity contribution in [1.29, 1.82) is 0 Å². The minimum absolute atomic E-state index is 0.651. The summed E-state index contributed by atoms with van der Waals surface area (Å²) < 4.78 is 10.8. The van der Waals surface area contributed by atoms with Gasteiger partial charge in [0.25, 0.3) is 0 Å². The van der Waals surface area contributed by atoms with Crippen LogP contribution in [0.2, 0.25) is 0 Å². The molecule has 1 rings (SSSR count). The molecule has 1 aliphatic rings. The number of hydrogen-bond donors (Lipinski definition) is 0. The van der Waals surface area contributed by atoms with E-state index in [-0.39, 0.29) is 0 Å². The monoisotopic (exact) mass is 201 g/mol. The van der Waals surface area contributed by atoms with Crippen LogP contribution in [0.15, 0.2) is 0 Å². The minimum Gasteiger partial charge on any atom is -0.381 e. The summed E-state index contributed by atoms with van der Waals surface area (Å²) in [7, 11) is 0. The third kappa shape index (κ3) is 5.58. The van der Waals surface area contributed by atoms with Gasteiger partial charge < -0.3 is 9.47 Å². The molecule has 0 aromatic heterocycles. The van der Waals surface area contributed by atoms with Crippen LogP contribution < -0.4 is 0 Å². The Hall–Kier alpha value is -0.120. The van der Waals surface area contributed by atoms with Gasteiger partial charge in [-0.05, 0) is 12.3 Å². The Morgan fingerprint density at radius 2 is 2.00 bits per heavy atom. The van der Waals surface area contributed by atoms with Crippen LogP contribution in [0.25, 0.3) is 0 Å². The smallest absolute Gasteiger partial charge is 0.0594 e. The first kappa shape index (κ1) is 12.0. The van der Waals surface area contributed by atoms with Crippen LogP contribution in [0.3, 0.4) is 0 Å². The molecular formula is C11H23NO2. The maximum absolute atomic E-state index is 5.53. The molecule has 14 heavy (non-hydrogen) atoms. The van der Waals surface area contributed by atoms with Crippen molar-refractivity contribution in [3.63, 3.8) is 0 Å². The molecule has 1 heterocycles. The van der Waals surface area contributed by atoms with Crippen LogP contribution in [-0.2, 0) is 9.47 Å². The summed E-state index contributed by atoms with van der Waals surface area (Å²) in [5, 5.41) is 0. The van der Waals surface area contributed by atoms with E-state index in [0.29, 0.717) is 5.92 Å². The molecule has 0 N–H and O–H groups in total. The first-order chi connectivity index (χ1) is 6.79. The molecule has 1 aliphatic heterocycles. The molecule has 1 saturated heterocycles. The minimum atomic E-state index is 0.651. The van der Waals surface area contributed by atoms with Crippen LogP contribution in [0.5, 0.6) is 0 Å². The number of morpholine rings is 1. The predicted octanol–water partition coefficient (Wildman–Crippen LogP) is 1.38. The largest absolute Gasteiger partial charge is 0.381 e. The molecule has 0 aromatic carbocycles. The molecular weight excluding hydrogens is 178 g/mol. The van der Waals surface area contributed by atoms with E-state index in [1.807, 2.05) is 0 Å². The zero-order chi connectivity index (χ0) is 10.2. The highest BCUT2D eigenvalue weighted by atomic mass is 16.5. The van der Waals surface area contributed by atoms with Gasteiger partial charge in [-0.1, -0.05) is 13.8 Å². The van der Waals surface area contributed by atoms with Crippen LogP contribution in [0.1, 0.15) is 20.3 Å². The first-order valence-electron chi connectivity index (χ1n) is 5.67. The molecule has 0 aliphatic carbocycles. The zero-order valence-corrected chi connectivity index (χ0v) is 9.50. The highest BCUT2D eigenvalue weighted by molar-refractivity contribution is 4.61. The SMILES string of the molecule is CC(C)COCCCN1CCOCC1. The maximum atomic E-state index is 5.53. The summed E-state index contributed by atoms with van der Waals surface area (Å²) in [6, 6.07) is 0. The van der Waals surface area contributed by atoms with Gasteiger partial charge in [-0.25, -0.2) is 0 Å². The molecule has 84 valence electrons. The van der Waals surface area contributed by atoms with Crippen LogP contribution >= 0.6 is 0 Å². The number of rotatable bonds is 6. The van der Waals surface area contributed by atoms with E-state index in [9.17, 15) is 0 Å². The Kier molecular flexibility index (Phi) is 6.15. The summed E-state index contributed by atoms with van der Waals surface area (Å²) >= 11 is 0. The van der Waals surface area contributed by atoms with Crippen molar-refractivity contribution in [3.05, 3.63) is 0 Å². The molecule has 0 saturated carbocycles. The van der Waals surface area contributed by atoms with E-state index in [4.69, 9.17) is 9.47 Å². The van der Waals surface area contributed by atoms with Crippen molar-refractivity contribution in [2.45, 2.75) is 20.3 Å². The fraction of sp³-hybridized carbons (Fsp3) is 1.00. The summed E-state index contributed by atoms with van der Waals surface area (Å²) in [5.41, 5.74) is 0. The second-order valence-corrected chi connectivity index (χ2v) is 4.28. The van der Waals surface area contributed by atoms with E-state index in [2.05, 4.69) is 18.7 Å². The third-order valence-corrected chi connectivity index (χ3v) is 2.32. The average Bonchev–Trinajstić information content (AvgIpc) is 2.18. The maximum Gasteiger partial charge on any atom is 0.0594 e. The van der Waals surface area contributed by atoms with Crippen LogP contribution in [0, 0.1) is 5.92 Å². The zero-order valence-electron chi connectivity index (χ0n) is 9.50. The number of nitrogens with zero attached hydrogens (tertiary/aromatic N) is 1. The van der Waals surface area contributed by atoms with Crippen molar-refractivity contribution in [2.75, 3.05) is 46.1 Å². The van der Waals surface area contributed by atoms with E-state index in [0.717, 1.165) is 52.5 Å². The second kappa shape index (κ2) is 7.21. The molecule has 0 aromatic rings. The molecule has 0 unspecified atom stereocenters. The van der Waals surface area contributed by atoms with Gasteiger partial charge in [-0.15, -0.1) is 0 Å². The van der Waals surface area contributed by atoms with Gasteiger partial charge in [0, 0.05) is 32.8 Å². The van der Waals surface area contributed by atoms with E-state index >= 15 is 0 Å². The van der Waals surface area contributed by atoms with Gasteiger partial charge in [0.05, 0.1) is 13.2 Å². The first-order valence-corrected chi connectivity index (χ1v) is 5.67. The van der Waals surface area contributed by atoms with Crippen LogP contribution in [0.4, 0.5) is 0 Å². The van der Waals surface area contributed by atoms with E-state index < -0.39 is 0 Å². The topological polar surface area (TPSA) is 21.7 Å². The Bertz CT molecular complexity index is 133. The van der Waals surface area contributed by atoms with Crippen molar-refractivity contribution >= 4 is 0 Å². The predicted molar refractivity (Wildman–Crippen MR) is 57.5 cm³/mol. The Labute approximate surface area is 87.4 Å². The molecule has 0 atom stereocenters. The standard InChI is InChI=1S/C11H23NO2/c1-11(2)10-14-7-3-4-12-5-8-13-9-6-12/h11H,3-10H2,1-2H3. The highest BCUT2D eigenvalue weighted by Gasteiger charge is 2.08. The molecule has 0 amide bonds. The summed E-state index contributed by atoms with van der Waals surface area (Å²) in [6.07, 6.45) is 1.15. The summed E-state index contributed by atoms with van der Waals surface area (Å²) in [5.74, 6) is 0.651. The Morgan fingerprint density at radius 1 is 1.29 bits per heavy atom. The van der Waals surface area contributed by atoms with Crippen molar-refractivity contribution in [1.82, 2.24) is 4.90 Å². The Morgan fingerprint density at radius 3 is 2.64 bits per heavy atom. The van der Waals surface area contributed by atoms with Gasteiger partial charge in [0.15, 0.2) is 0 Å². The number of hydrogen-bond acceptors (Lipinski definition) is 3. The second-order valence-electron chi connectivity index (χ2n) is 4.28. The molecule has 0 radical (unpaired) electrons. The number of ether oxygens (including phenoxy) is 2. The van der Waals surface area contributed by atoms with Gasteiger partial charge >= 0.3 is 0 Å². The van der Waals surface area contributed by atoms with Crippen LogP contribution in [-0.4, -0.2) is 51.0 Å². The van der Waals surface area contributed by atoms with Gasteiger partial charge in [-0.3, -0.25) is 4.90 Å². The summed E-state index contributed by atoms with van der Waals surface area (Å²) in [6.45, 7) is 11.3. The van der Waals surface area contributed by atoms with E-state index in [1.165, 1.54) is 0 Å². The lowest BCUT2D eigenvalue weighted by atomic mass is 10.2. The third-order valence-electron chi connectivity index (χ3n) is 2.32. The fourth-order valence-electron chi connectivity index (χ4n) is 1.53.